The molecule has 3 aliphatic rings. The molecule has 5 heteroatoms. The lowest BCUT2D eigenvalue weighted by Crippen LogP contribution is -2.41. The normalized spacial score (nSPS) is 26.3. The van der Waals surface area contributed by atoms with Gasteiger partial charge in [-0.2, -0.15) is 5.10 Å². The molecule has 3 heterocycles. The van der Waals surface area contributed by atoms with Crippen LogP contribution in [0.3, 0.4) is 0 Å². The topological polar surface area (TPSA) is 42.3 Å². The lowest BCUT2D eigenvalue weighted by Gasteiger charge is -2.36. The van der Waals surface area contributed by atoms with E-state index in [1.165, 1.54) is 51.9 Å². The molecule has 5 nitrogen and oxygen atoms in total. The van der Waals surface area contributed by atoms with Gasteiger partial charge in [0, 0.05) is 30.9 Å². The number of nitrogens with one attached hydrogen (secondary N) is 1. The summed E-state index contributed by atoms with van der Waals surface area (Å²) < 4.78 is 8.11. The highest BCUT2D eigenvalue weighted by molar-refractivity contribution is 5.59. The molecule has 1 saturated carbocycles. The Morgan fingerprint density at radius 2 is 1.47 bits per heavy atom. The quantitative estimate of drug-likeness (QED) is 0.623. The second kappa shape index (κ2) is 8.72. The predicted molar refractivity (Wildman–Crippen MR) is 127 cm³/mol. The third kappa shape index (κ3) is 4.07. The van der Waals surface area contributed by atoms with E-state index in [4.69, 9.17) is 9.84 Å². The second-order valence-corrected chi connectivity index (χ2v) is 9.69. The summed E-state index contributed by atoms with van der Waals surface area (Å²) in [7, 11) is 0. The summed E-state index contributed by atoms with van der Waals surface area (Å²) in [5, 5.41) is 8.50. The van der Waals surface area contributed by atoms with Crippen molar-refractivity contribution < 1.29 is 4.74 Å². The maximum absolute atomic E-state index is 5.91. The molecule has 0 amide bonds. The predicted octanol–water partition coefficient (Wildman–Crippen LogP) is 4.98. The van der Waals surface area contributed by atoms with Gasteiger partial charge in [-0.1, -0.05) is 18.2 Å². The zero-order valence-corrected chi connectivity index (χ0v) is 18.6. The summed E-state index contributed by atoms with van der Waals surface area (Å²) >= 11 is 0. The molecule has 3 atom stereocenters. The molecule has 3 aromatic rings. The maximum Gasteiger partial charge on any atom is 0.127 e. The summed E-state index contributed by atoms with van der Waals surface area (Å²) in [6.45, 7) is 4.91. The van der Waals surface area contributed by atoms with Crippen LogP contribution in [0.15, 0.2) is 66.9 Å². The van der Waals surface area contributed by atoms with Gasteiger partial charge in [0.15, 0.2) is 0 Å². The van der Waals surface area contributed by atoms with E-state index in [2.05, 4.69) is 39.3 Å². The number of para-hydroxylation sites is 1. The van der Waals surface area contributed by atoms with Gasteiger partial charge < -0.3 is 15.0 Å². The second-order valence-electron chi connectivity index (χ2n) is 9.69. The minimum Gasteiger partial charge on any atom is -0.457 e. The molecule has 3 fully saturated rings. The first kappa shape index (κ1) is 20.0. The molecule has 1 N–H and O–H groups in total. The lowest BCUT2D eigenvalue weighted by molar-refractivity contribution is 0.128. The maximum atomic E-state index is 5.91. The molecule has 32 heavy (non-hydrogen) atoms. The highest BCUT2D eigenvalue weighted by Crippen LogP contribution is 2.38. The van der Waals surface area contributed by atoms with Gasteiger partial charge >= 0.3 is 0 Å². The number of rotatable bonds is 5. The lowest BCUT2D eigenvalue weighted by atomic mass is 10.0. The van der Waals surface area contributed by atoms with Gasteiger partial charge in [0.25, 0.3) is 0 Å². The first-order valence-electron chi connectivity index (χ1n) is 12.1. The van der Waals surface area contributed by atoms with E-state index in [1.807, 2.05) is 42.5 Å². The highest BCUT2D eigenvalue weighted by Gasteiger charge is 2.40. The average molecular weight is 429 g/mol. The van der Waals surface area contributed by atoms with Crippen molar-refractivity contribution >= 4 is 0 Å². The molecule has 0 spiro atoms. The van der Waals surface area contributed by atoms with E-state index in [9.17, 15) is 0 Å². The Morgan fingerprint density at radius 1 is 0.781 bits per heavy atom. The van der Waals surface area contributed by atoms with Crippen LogP contribution in [0.4, 0.5) is 0 Å². The SMILES string of the molecule is c1ccc(Oc2ccc(-c3ccn(C4CCN(C5C[C@H]6CNC[C@H]6C5)CC4)n3)cc2)cc1. The summed E-state index contributed by atoms with van der Waals surface area (Å²) in [4.78, 5) is 2.77. The van der Waals surface area contributed by atoms with Crippen molar-refractivity contribution in [3.05, 3.63) is 66.9 Å². The minimum absolute atomic E-state index is 0.517. The van der Waals surface area contributed by atoms with Crippen LogP contribution >= 0.6 is 0 Å². The third-order valence-corrected chi connectivity index (χ3v) is 7.76. The average Bonchev–Trinajstić information content (AvgIpc) is 3.57. The van der Waals surface area contributed by atoms with Crippen molar-refractivity contribution in [3.8, 4) is 22.8 Å². The van der Waals surface area contributed by atoms with Crippen molar-refractivity contribution in [1.82, 2.24) is 20.0 Å². The first-order chi connectivity index (χ1) is 15.8. The minimum atomic E-state index is 0.517. The molecule has 2 aromatic carbocycles. The van der Waals surface area contributed by atoms with Crippen LogP contribution < -0.4 is 10.1 Å². The van der Waals surface area contributed by atoms with Crippen LogP contribution in [-0.2, 0) is 0 Å². The molecule has 1 unspecified atom stereocenters. The number of likely N-dealkylation sites (tertiary alicyclic amines) is 1. The number of ether oxygens (including phenoxy) is 1. The Bertz CT molecular complexity index is 1010. The Morgan fingerprint density at radius 3 is 2.19 bits per heavy atom. The van der Waals surface area contributed by atoms with Gasteiger partial charge in [-0.05, 0) is 93.1 Å². The van der Waals surface area contributed by atoms with Gasteiger partial charge in [-0.25, -0.2) is 0 Å². The summed E-state index contributed by atoms with van der Waals surface area (Å²) in [6, 6.07) is 21.6. The molecule has 2 saturated heterocycles. The molecule has 1 aliphatic carbocycles. The molecule has 0 bridgehead atoms. The molecular formula is C27H32N4O. The fourth-order valence-electron chi connectivity index (χ4n) is 5.96. The van der Waals surface area contributed by atoms with Crippen LogP contribution in [-0.4, -0.2) is 46.9 Å². The van der Waals surface area contributed by atoms with Gasteiger partial charge in [0.05, 0.1) is 11.7 Å². The zero-order chi connectivity index (χ0) is 21.3. The number of hydrogen-bond acceptors (Lipinski definition) is 4. The Labute approximate surface area is 190 Å². The zero-order valence-electron chi connectivity index (χ0n) is 18.6. The van der Waals surface area contributed by atoms with Gasteiger partial charge in [0.1, 0.15) is 11.5 Å². The Hall–Kier alpha value is -2.63. The van der Waals surface area contributed by atoms with Crippen molar-refractivity contribution in [2.45, 2.75) is 37.8 Å². The van der Waals surface area contributed by atoms with Crippen LogP contribution in [0.5, 0.6) is 11.5 Å². The molecule has 1 aromatic heterocycles. The first-order valence-corrected chi connectivity index (χ1v) is 12.1. The van der Waals surface area contributed by atoms with Crippen LogP contribution in [0.25, 0.3) is 11.3 Å². The number of hydrogen-bond donors (Lipinski definition) is 1. The largest absolute Gasteiger partial charge is 0.457 e. The van der Waals surface area contributed by atoms with E-state index in [0.717, 1.165) is 40.6 Å². The van der Waals surface area contributed by atoms with Crippen LogP contribution in [0.1, 0.15) is 31.7 Å². The number of aromatic nitrogens is 2. The van der Waals surface area contributed by atoms with E-state index in [0.29, 0.717) is 6.04 Å². The van der Waals surface area contributed by atoms with Crippen molar-refractivity contribution in [3.63, 3.8) is 0 Å². The molecule has 6 rings (SSSR count). The number of nitrogens with zero attached hydrogens (tertiary/aromatic N) is 3. The fraction of sp³-hybridized carbons (Fsp3) is 0.444. The van der Waals surface area contributed by atoms with E-state index in [-0.39, 0.29) is 0 Å². The molecular weight excluding hydrogens is 396 g/mol. The summed E-state index contributed by atoms with van der Waals surface area (Å²) in [5.74, 6) is 3.55. The highest BCUT2D eigenvalue weighted by atomic mass is 16.5. The van der Waals surface area contributed by atoms with Gasteiger partial charge in [0.2, 0.25) is 0 Å². The summed E-state index contributed by atoms with van der Waals surface area (Å²) in [5.41, 5.74) is 2.17. The molecule has 2 aliphatic heterocycles. The number of piperidine rings is 1. The fourth-order valence-corrected chi connectivity index (χ4v) is 5.96. The van der Waals surface area contributed by atoms with E-state index < -0.39 is 0 Å². The molecule has 166 valence electrons. The molecule has 0 radical (unpaired) electrons. The van der Waals surface area contributed by atoms with Crippen LogP contribution in [0, 0.1) is 11.8 Å². The Kier molecular flexibility index (Phi) is 5.45. The smallest absolute Gasteiger partial charge is 0.127 e. The third-order valence-electron chi connectivity index (χ3n) is 7.76. The van der Waals surface area contributed by atoms with Crippen molar-refractivity contribution in [2.75, 3.05) is 26.2 Å². The monoisotopic (exact) mass is 428 g/mol. The van der Waals surface area contributed by atoms with Gasteiger partial charge in [-0.15, -0.1) is 0 Å². The van der Waals surface area contributed by atoms with Crippen LogP contribution in [0.2, 0.25) is 0 Å². The van der Waals surface area contributed by atoms with E-state index in [1.54, 1.807) is 0 Å². The summed E-state index contributed by atoms with van der Waals surface area (Å²) in [6.07, 6.45) is 7.37. The Balaban J connectivity index is 1.06. The standard InChI is InChI=1S/C27H32N4O/c1-2-4-25(5-3-1)32-26-8-6-20(7-9-26)27-12-15-31(29-27)23-10-13-30(14-11-23)24-16-21-18-28-19-22(21)17-24/h1-9,12,15,21-24,28H,10-11,13-14,16-19H2/t21-,22+,24?. The number of benzene rings is 2. The van der Waals surface area contributed by atoms with Crippen molar-refractivity contribution in [1.29, 1.82) is 0 Å². The van der Waals surface area contributed by atoms with Gasteiger partial charge in [-0.3, -0.25) is 4.68 Å². The van der Waals surface area contributed by atoms with Crippen molar-refractivity contribution in [2.24, 2.45) is 11.8 Å². The number of fused-ring (bicyclic) bond motifs is 1. The van der Waals surface area contributed by atoms with E-state index >= 15 is 0 Å².